The first-order chi connectivity index (χ1) is 5.91. The van der Waals surface area contributed by atoms with Crippen LogP contribution in [0.5, 0.6) is 0 Å². The number of nitrogens with one attached hydrogen (secondary N) is 1. The third kappa shape index (κ3) is 2.59. The van der Waals surface area contributed by atoms with Gasteiger partial charge in [-0.2, -0.15) is 5.10 Å². The van der Waals surface area contributed by atoms with Crippen LogP contribution in [-0.2, 0) is 4.57 Å². The Hall–Kier alpha value is -0.760. The summed E-state index contributed by atoms with van der Waals surface area (Å²) in [5, 5.41) is 3.89. The summed E-state index contributed by atoms with van der Waals surface area (Å²) >= 11 is 0. The molecule has 0 aromatic rings. The van der Waals surface area contributed by atoms with Crippen molar-refractivity contribution < 1.29 is 4.57 Å². The second kappa shape index (κ2) is 3.54. The van der Waals surface area contributed by atoms with Crippen molar-refractivity contribution in [3.63, 3.8) is 0 Å². The van der Waals surface area contributed by atoms with E-state index in [0.29, 0.717) is 12.2 Å². The van der Waals surface area contributed by atoms with E-state index < -0.39 is 7.14 Å². The molecule has 3 N–H and O–H groups in total. The molecule has 4 nitrogen and oxygen atoms in total. The molecule has 5 heteroatoms. The average Bonchev–Trinajstić information content (AvgIpc) is 1.79. The molecule has 74 valence electrons. The molecule has 1 atom stereocenters. The van der Waals surface area contributed by atoms with Gasteiger partial charge in [0.25, 0.3) is 0 Å². The molecule has 0 spiro atoms. The Morgan fingerprint density at radius 2 is 2.31 bits per heavy atom. The smallest absolute Gasteiger partial charge is 0.104 e. The van der Waals surface area contributed by atoms with Gasteiger partial charge in [0.1, 0.15) is 5.71 Å². The lowest BCUT2D eigenvalue weighted by atomic mass is 10.2. The summed E-state index contributed by atoms with van der Waals surface area (Å²) in [5.74, 6) is 0. The summed E-state index contributed by atoms with van der Waals surface area (Å²) < 4.78 is 11.6. The minimum atomic E-state index is -2.07. The maximum Gasteiger partial charge on any atom is 0.104 e. The van der Waals surface area contributed by atoms with E-state index in [1.54, 1.807) is 13.3 Å². The number of hydrogen-bond acceptors (Lipinski definition) is 4. The second-order valence-electron chi connectivity index (χ2n) is 3.69. The van der Waals surface area contributed by atoms with Crippen LogP contribution in [0.2, 0.25) is 0 Å². The van der Waals surface area contributed by atoms with Gasteiger partial charge in [0.15, 0.2) is 0 Å². The Morgan fingerprint density at radius 3 is 2.62 bits per heavy atom. The lowest BCUT2D eigenvalue weighted by Crippen LogP contribution is -2.35. The summed E-state index contributed by atoms with van der Waals surface area (Å²) in [6.45, 7) is 6.16. The first-order valence-corrected chi connectivity index (χ1v) is 6.90. The number of allylic oxidation sites excluding steroid dienone is 1. The number of hydrazone groups is 1. The molecule has 0 saturated carbocycles. The van der Waals surface area contributed by atoms with E-state index in [1.165, 1.54) is 0 Å². The van der Waals surface area contributed by atoms with Crippen LogP contribution in [-0.4, -0.2) is 31.2 Å². The largest absolute Gasteiger partial charge is 0.397 e. The minimum absolute atomic E-state index is 0.0239. The summed E-state index contributed by atoms with van der Waals surface area (Å²) in [6.07, 6.45) is 1.83. The van der Waals surface area contributed by atoms with Crippen LogP contribution in [0.3, 0.4) is 0 Å². The highest BCUT2D eigenvalue weighted by molar-refractivity contribution is 7.63. The van der Waals surface area contributed by atoms with Crippen molar-refractivity contribution in [1.82, 2.24) is 5.43 Å². The van der Waals surface area contributed by atoms with E-state index >= 15 is 0 Å². The Kier molecular flexibility index (Phi) is 2.81. The monoisotopic (exact) mass is 201 g/mol. The fraction of sp³-hybridized carbons (Fsp3) is 0.625. The molecule has 0 bridgehead atoms. The molecule has 1 rings (SSSR count). The Balaban J connectivity index is 2.70. The van der Waals surface area contributed by atoms with Gasteiger partial charge in [-0.15, -0.1) is 0 Å². The molecule has 1 unspecified atom stereocenters. The standard InChI is InChI=1S/C8H16N3OP/c1-6(13(2,3)12)4-7(9)8-5-10-11-8/h4,6,10H,5,9H2,1-3H3/b7-4-. The molecule has 1 heterocycles. The summed E-state index contributed by atoms with van der Waals surface area (Å²) in [4.78, 5) is 0. The molecule has 0 radical (unpaired) electrons. The predicted octanol–water partition coefficient (Wildman–Crippen LogP) is 0.799. The second-order valence-corrected chi connectivity index (χ2v) is 7.37. The lowest BCUT2D eigenvalue weighted by Gasteiger charge is -2.18. The zero-order chi connectivity index (χ0) is 10.1. The van der Waals surface area contributed by atoms with Gasteiger partial charge >= 0.3 is 0 Å². The van der Waals surface area contributed by atoms with Crippen LogP contribution in [0.1, 0.15) is 6.92 Å². The molecule has 1 aliphatic rings. The van der Waals surface area contributed by atoms with Crippen LogP contribution >= 0.6 is 7.14 Å². The van der Waals surface area contributed by atoms with E-state index in [-0.39, 0.29) is 5.66 Å². The third-order valence-corrected chi connectivity index (χ3v) is 4.31. The van der Waals surface area contributed by atoms with Crippen LogP contribution < -0.4 is 11.2 Å². The SMILES string of the molecule is CC(/C=C(\N)C1=NNC1)P(C)(C)=O. The molecule has 0 aromatic carbocycles. The maximum absolute atomic E-state index is 11.6. The van der Waals surface area contributed by atoms with Crippen LogP contribution in [0.25, 0.3) is 0 Å². The van der Waals surface area contributed by atoms with Crippen molar-refractivity contribution >= 4 is 12.9 Å². The number of nitrogens with zero attached hydrogens (tertiary/aromatic N) is 1. The maximum atomic E-state index is 11.6. The molecule has 0 aliphatic carbocycles. The molecular weight excluding hydrogens is 185 g/mol. The highest BCUT2D eigenvalue weighted by atomic mass is 31.2. The Morgan fingerprint density at radius 1 is 1.77 bits per heavy atom. The Labute approximate surface area is 78.6 Å². The predicted molar refractivity (Wildman–Crippen MR) is 56.6 cm³/mol. The van der Waals surface area contributed by atoms with Crippen molar-refractivity contribution in [1.29, 1.82) is 0 Å². The number of hydrogen-bond donors (Lipinski definition) is 2. The number of rotatable bonds is 3. The highest BCUT2D eigenvalue weighted by Gasteiger charge is 2.18. The van der Waals surface area contributed by atoms with Crippen molar-refractivity contribution in [3.05, 3.63) is 11.8 Å². The normalized spacial score (nSPS) is 19.9. The van der Waals surface area contributed by atoms with Crippen LogP contribution in [0, 0.1) is 0 Å². The van der Waals surface area contributed by atoms with Gasteiger partial charge in [0.05, 0.1) is 19.4 Å². The van der Waals surface area contributed by atoms with Gasteiger partial charge in [-0.25, -0.2) is 0 Å². The van der Waals surface area contributed by atoms with E-state index in [9.17, 15) is 4.57 Å². The zero-order valence-corrected chi connectivity index (χ0v) is 9.14. The fourth-order valence-electron chi connectivity index (χ4n) is 0.860. The van der Waals surface area contributed by atoms with Gasteiger partial charge in [-0.1, -0.05) is 6.92 Å². The van der Waals surface area contributed by atoms with Gasteiger partial charge in [-0.05, 0) is 19.4 Å². The van der Waals surface area contributed by atoms with E-state index in [0.717, 1.165) is 5.71 Å². The quantitative estimate of drug-likeness (QED) is 0.663. The minimum Gasteiger partial charge on any atom is -0.397 e. The van der Waals surface area contributed by atoms with Crippen molar-refractivity contribution in [2.45, 2.75) is 12.6 Å². The first-order valence-electron chi connectivity index (χ1n) is 4.23. The molecule has 0 fully saturated rings. The van der Waals surface area contributed by atoms with Gasteiger partial charge in [0.2, 0.25) is 0 Å². The summed E-state index contributed by atoms with van der Waals surface area (Å²) in [6, 6.07) is 0. The topological polar surface area (TPSA) is 67.5 Å². The van der Waals surface area contributed by atoms with Crippen molar-refractivity contribution in [2.75, 3.05) is 19.9 Å². The van der Waals surface area contributed by atoms with E-state index in [1.807, 2.05) is 13.0 Å². The van der Waals surface area contributed by atoms with Crippen LogP contribution in [0.4, 0.5) is 0 Å². The average molecular weight is 201 g/mol. The molecular formula is C8H16N3OP. The third-order valence-electron chi connectivity index (χ3n) is 2.20. The lowest BCUT2D eigenvalue weighted by molar-refractivity contribution is 0.579. The summed E-state index contributed by atoms with van der Waals surface area (Å²) in [5.41, 5.74) is 10.0. The van der Waals surface area contributed by atoms with Gasteiger partial charge in [-0.3, -0.25) is 0 Å². The molecule has 0 amide bonds. The van der Waals surface area contributed by atoms with Crippen LogP contribution in [0.15, 0.2) is 16.9 Å². The van der Waals surface area contributed by atoms with E-state index in [2.05, 4.69) is 10.5 Å². The zero-order valence-electron chi connectivity index (χ0n) is 8.24. The molecule has 1 aliphatic heterocycles. The highest BCUT2D eigenvalue weighted by Crippen LogP contribution is 2.42. The summed E-state index contributed by atoms with van der Waals surface area (Å²) in [7, 11) is -2.07. The van der Waals surface area contributed by atoms with Gasteiger partial charge in [0, 0.05) is 5.66 Å². The molecule has 13 heavy (non-hydrogen) atoms. The first kappa shape index (κ1) is 10.3. The van der Waals surface area contributed by atoms with Gasteiger partial charge < -0.3 is 15.7 Å². The molecule has 0 aromatic heterocycles. The Bertz CT molecular complexity index is 303. The van der Waals surface area contributed by atoms with Crippen molar-refractivity contribution in [2.24, 2.45) is 10.8 Å². The van der Waals surface area contributed by atoms with Crippen molar-refractivity contribution in [3.8, 4) is 0 Å². The fourth-order valence-corrected chi connectivity index (χ4v) is 1.38. The molecule has 0 saturated heterocycles. The van der Waals surface area contributed by atoms with E-state index in [4.69, 9.17) is 5.73 Å². The number of nitrogens with two attached hydrogens (primary N) is 1.